The van der Waals surface area contributed by atoms with Gasteiger partial charge in [-0.25, -0.2) is 0 Å². The molecule has 1 aliphatic rings. The molecule has 3 nitrogen and oxygen atoms in total. The fourth-order valence-electron chi connectivity index (χ4n) is 1.17. The lowest BCUT2D eigenvalue weighted by atomic mass is 10.0. The molecule has 3 heteroatoms. The molecule has 0 bridgehead atoms. The molecule has 1 unspecified atom stereocenters. The van der Waals surface area contributed by atoms with Gasteiger partial charge in [-0.15, -0.1) is 0 Å². The van der Waals surface area contributed by atoms with Crippen LogP contribution in [0.2, 0.25) is 0 Å². The number of hydrogen-bond donors (Lipinski definition) is 2. The smallest absolute Gasteiger partial charge is 0.0607 e. The second-order valence-corrected chi connectivity index (χ2v) is 2.54. The predicted molar refractivity (Wildman–Crippen MR) is 39.3 cm³/mol. The molecule has 0 spiro atoms. The first-order valence-corrected chi connectivity index (χ1v) is 3.32. The van der Waals surface area contributed by atoms with Crippen LogP contribution in [-0.4, -0.2) is 16.2 Å². The van der Waals surface area contributed by atoms with Gasteiger partial charge < -0.3 is 5.73 Å². The van der Waals surface area contributed by atoms with Crippen LogP contribution in [0.1, 0.15) is 11.3 Å². The second-order valence-electron chi connectivity index (χ2n) is 2.54. The lowest BCUT2D eigenvalue weighted by molar-refractivity contribution is 0.802. The van der Waals surface area contributed by atoms with Crippen LogP contribution in [0, 0.1) is 0 Å². The summed E-state index contributed by atoms with van der Waals surface area (Å²) in [5, 5.41) is 6.79. The van der Waals surface area contributed by atoms with Crippen molar-refractivity contribution in [3.05, 3.63) is 23.5 Å². The fraction of sp³-hybridized carbons (Fsp3) is 0.286. The number of aromatic amines is 1. The molecule has 10 heavy (non-hydrogen) atoms. The Kier molecular flexibility index (Phi) is 1.11. The van der Waals surface area contributed by atoms with E-state index in [-0.39, 0.29) is 6.04 Å². The number of nitrogens with two attached hydrogens (primary N) is 1. The Hall–Kier alpha value is -1.09. The van der Waals surface area contributed by atoms with Crippen molar-refractivity contribution in [2.24, 2.45) is 5.73 Å². The van der Waals surface area contributed by atoms with Gasteiger partial charge in [0.1, 0.15) is 0 Å². The normalized spacial score (nSPS) is 22.7. The van der Waals surface area contributed by atoms with E-state index < -0.39 is 0 Å². The van der Waals surface area contributed by atoms with E-state index in [0.29, 0.717) is 0 Å². The largest absolute Gasteiger partial charge is 0.324 e. The zero-order chi connectivity index (χ0) is 6.97. The molecule has 0 aromatic carbocycles. The Morgan fingerprint density at radius 3 is 3.50 bits per heavy atom. The second kappa shape index (κ2) is 1.95. The molecule has 0 amide bonds. The highest BCUT2D eigenvalue weighted by Gasteiger charge is 2.10. The summed E-state index contributed by atoms with van der Waals surface area (Å²) in [5.74, 6) is 0. The maximum absolute atomic E-state index is 5.68. The van der Waals surface area contributed by atoms with E-state index >= 15 is 0 Å². The molecule has 0 aliphatic heterocycles. The molecule has 1 aromatic heterocycles. The third-order valence-corrected chi connectivity index (χ3v) is 1.72. The molecule has 1 atom stereocenters. The van der Waals surface area contributed by atoms with E-state index in [0.717, 1.165) is 12.1 Å². The molecule has 0 fully saturated rings. The Labute approximate surface area is 58.9 Å². The molecule has 2 rings (SSSR count). The zero-order valence-electron chi connectivity index (χ0n) is 5.54. The minimum Gasteiger partial charge on any atom is -0.324 e. The van der Waals surface area contributed by atoms with Gasteiger partial charge in [-0.2, -0.15) is 5.10 Å². The monoisotopic (exact) mass is 135 g/mol. The molecular weight excluding hydrogens is 126 g/mol. The van der Waals surface area contributed by atoms with Gasteiger partial charge in [-0.1, -0.05) is 6.08 Å². The van der Waals surface area contributed by atoms with Crippen LogP contribution in [0.3, 0.4) is 0 Å². The molecule has 1 aliphatic carbocycles. The molecule has 52 valence electrons. The highest BCUT2D eigenvalue weighted by atomic mass is 15.1. The zero-order valence-corrected chi connectivity index (χ0v) is 5.54. The van der Waals surface area contributed by atoms with Crippen LogP contribution in [0.5, 0.6) is 0 Å². The first kappa shape index (κ1) is 5.68. The number of fused-ring (bicyclic) bond motifs is 1. The topological polar surface area (TPSA) is 54.7 Å². The summed E-state index contributed by atoms with van der Waals surface area (Å²) in [4.78, 5) is 0. The van der Waals surface area contributed by atoms with E-state index in [4.69, 9.17) is 5.73 Å². The van der Waals surface area contributed by atoms with Crippen molar-refractivity contribution in [2.45, 2.75) is 12.5 Å². The van der Waals surface area contributed by atoms with Crippen molar-refractivity contribution in [1.82, 2.24) is 10.2 Å². The van der Waals surface area contributed by atoms with Gasteiger partial charge in [0.2, 0.25) is 0 Å². The van der Waals surface area contributed by atoms with Gasteiger partial charge in [0, 0.05) is 6.04 Å². The molecule has 3 N–H and O–H groups in total. The molecule has 1 heterocycles. The van der Waals surface area contributed by atoms with Crippen molar-refractivity contribution < 1.29 is 0 Å². The van der Waals surface area contributed by atoms with Crippen LogP contribution in [0.25, 0.3) is 6.08 Å². The quantitative estimate of drug-likeness (QED) is 0.537. The van der Waals surface area contributed by atoms with Crippen LogP contribution >= 0.6 is 0 Å². The third kappa shape index (κ3) is 0.752. The van der Waals surface area contributed by atoms with Crippen LogP contribution in [-0.2, 0) is 6.42 Å². The summed E-state index contributed by atoms with van der Waals surface area (Å²) in [7, 11) is 0. The van der Waals surface area contributed by atoms with Crippen LogP contribution in [0.4, 0.5) is 0 Å². The standard InChI is InChI=1S/C7H9N3/c8-6-1-2-7-5(3-6)4-9-10-7/h1-2,4,6H,3,8H2,(H,9,10). The Morgan fingerprint density at radius 1 is 1.70 bits per heavy atom. The molecule has 1 aromatic rings. The molecule has 0 saturated carbocycles. The number of nitrogens with one attached hydrogen (secondary N) is 1. The first-order valence-electron chi connectivity index (χ1n) is 3.32. The van der Waals surface area contributed by atoms with E-state index in [1.807, 2.05) is 18.3 Å². The summed E-state index contributed by atoms with van der Waals surface area (Å²) in [6.07, 6.45) is 6.71. The highest BCUT2D eigenvalue weighted by Crippen LogP contribution is 2.14. The summed E-state index contributed by atoms with van der Waals surface area (Å²) in [6.45, 7) is 0. The fourth-order valence-corrected chi connectivity index (χ4v) is 1.17. The molecular formula is C7H9N3. The van der Waals surface area contributed by atoms with Crippen molar-refractivity contribution in [3.8, 4) is 0 Å². The van der Waals surface area contributed by atoms with Crippen LogP contribution < -0.4 is 5.73 Å². The van der Waals surface area contributed by atoms with Gasteiger partial charge in [-0.3, -0.25) is 5.10 Å². The molecule has 0 radical (unpaired) electrons. The first-order chi connectivity index (χ1) is 4.86. The summed E-state index contributed by atoms with van der Waals surface area (Å²) >= 11 is 0. The van der Waals surface area contributed by atoms with Gasteiger partial charge >= 0.3 is 0 Å². The minimum absolute atomic E-state index is 0.171. The average molecular weight is 135 g/mol. The van der Waals surface area contributed by atoms with E-state index in [1.54, 1.807) is 0 Å². The van der Waals surface area contributed by atoms with Gasteiger partial charge in [0.05, 0.1) is 11.9 Å². The lowest BCUT2D eigenvalue weighted by Crippen LogP contribution is -2.21. The maximum Gasteiger partial charge on any atom is 0.0607 e. The minimum atomic E-state index is 0.171. The van der Waals surface area contributed by atoms with Gasteiger partial charge in [0.25, 0.3) is 0 Å². The summed E-state index contributed by atoms with van der Waals surface area (Å²) in [6, 6.07) is 0.171. The Morgan fingerprint density at radius 2 is 2.60 bits per heavy atom. The van der Waals surface area contributed by atoms with E-state index in [9.17, 15) is 0 Å². The Balaban J connectivity index is 2.43. The average Bonchev–Trinajstić information content (AvgIpc) is 2.33. The number of hydrogen-bond acceptors (Lipinski definition) is 2. The van der Waals surface area contributed by atoms with Gasteiger partial charge in [0.15, 0.2) is 0 Å². The van der Waals surface area contributed by atoms with Crippen molar-refractivity contribution in [1.29, 1.82) is 0 Å². The number of H-pyrrole nitrogens is 1. The number of rotatable bonds is 0. The van der Waals surface area contributed by atoms with Crippen molar-refractivity contribution in [2.75, 3.05) is 0 Å². The van der Waals surface area contributed by atoms with E-state index in [1.165, 1.54) is 5.56 Å². The SMILES string of the molecule is NC1C=Cc2[nH]ncc2C1. The lowest BCUT2D eigenvalue weighted by Gasteiger charge is -2.09. The predicted octanol–water partition coefficient (Wildman–Crippen LogP) is 0.306. The number of nitrogens with zero attached hydrogens (tertiary/aromatic N) is 1. The number of aromatic nitrogens is 2. The summed E-state index contributed by atoms with van der Waals surface area (Å²) < 4.78 is 0. The maximum atomic E-state index is 5.68. The van der Waals surface area contributed by atoms with Gasteiger partial charge in [-0.05, 0) is 18.1 Å². The van der Waals surface area contributed by atoms with Crippen molar-refractivity contribution in [3.63, 3.8) is 0 Å². The van der Waals surface area contributed by atoms with Crippen molar-refractivity contribution >= 4 is 6.08 Å². The Bertz CT molecular complexity index is 262. The summed E-state index contributed by atoms with van der Waals surface area (Å²) in [5.41, 5.74) is 8.00. The third-order valence-electron chi connectivity index (χ3n) is 1.72. The highest BCUT2D eigenvalue weighted by molar-refractivity contribution is 5.52. The van der Waals surface area contributed by atoms with E-state index in [2.05, 4.69) is 10.2 Å². The van der Waals surface area contributed by atoms with Crippen LogP contribution in [0.15, 0.2) is 12.3 Å². The molecule has 0 saturated heterocycles.